The molecular weight excluding hydrogens is 568 g/mol. The van der Waals surface area contributed by atoms with Crippen molar-refractivity contribution in [1.82, 2.24) is 25.3 Å². The van der Waals surface area contributed by atoms with Crippen LogP contribution in [0.25, 0.3) is 10.9 Å². The lowest BCUT2D eigenvalue weighted by Crippen LogP contribution is -2.51. The highest BCUT2D eigenvalue weighted by Gasteiger charge is 2.34. The smallest absolute Gasteiger partial charge is 0.322 e. The van der Waals surface area contributed by atoms with Gasteiger partial charge in [-0.3, -0.25) is 14.7 Å². The number of hydrogen-bond acceptors (Lipinski definition) is 5. The molecule has 2 aliphatic rings. The number of likely N-dealkylation sites (tertiary alicyclic amines) is 1. The molecule has 4 N–H and O–H groups in total. The number of anilines is 1. The molecule has 10 nitrogen and oxygen atoms in total. The number of aromatic amines is 1. The zero-order valence-electron chi connectivity index (χ0n) is 25.5. The van der Waals surface area contributed by atoms with Crippen LogP contribution in [0.3, 0.4) is 0 Å². The number of piperidine rings is 1. The molecule has 0 saturated carbocycles. The number of aromatic nitrogens is 2. The van der Waals surface area contributed by atoms with Gasteiger partial charge in [-0.05, 0) is 67.0 Å². The summed E-state index contributed by atoms with van der Waals surface area (Å²) in [6, 6.07) is 21.1. The summed E-state index contributed by atoms with van der Waals surface area (Å²) in [6.45, 7) is 3.40. The Morgan fingerprint density at radius 2 is 1.78 bits per heavy atom. The predicted molar refractivity (Wildman–Crippen MR) is 172 cm³/mol. The lowest BCUT2D eigenvalue weighted by atomic mass is 9.92. The Hall–Kier alpha value is -4.70. The van der Waals surface area contributed by atoms with Crippen molar-refractivity contribution < 1.29 is 19.5 Å². The van der Waals surface area contributed by atoms with E-state index in [2.05, 4.69) is 20.8 Å². The average molecular weight is 609 g/mol. The predicted octanol–water partition coefficient (Wildman–Crippen LogP) is 4.18. The fraction of sp³-hybridized carbons (Fsp3) is 0.371. The van der Waals surface area contributed by atoms with E-state index in [-0.39, 0.29) is 36.9 Å². The fourth-order valence-corrected chi connectivity index (χ4v) is 6.64. The van der Waals surface area contributed by atoms with E-state index in [1.54, 1.807) is 6.20 Å². The van der Waals surface area contributed by atoms with E-state index in [0.29, 0.717) is 45.3 Å². The van der Waals surface area contributed by atoms with Crippen LogP contribution in [0.1, 0.15) is 41.5 Å². The third kappa shape index (κ3) is 7.01. The molecule has 3 heterocycles. The standard InChI is InChI=1S/C35H40N6O4/c1-23-15-25(17-28-20-36-39-33(23)28)16-27(34(44)37-29(22-42)18-24-7-3-2-4-8-24)19-32(43)40-13-11-30(12-14-40)41-21-26-9-5-6-10-31(26)38-35(41)45/h2-10,15,17,20,27,29-30,42H,11-14,16,18-19,21-22H2,1H3,(H,36,39)(H,37,44)(H,38,45)/t27?,29-/m0/s1. The number of para-hydroxylation sites is 1. The Kier molecular flexibility index (Phi) is 9.11. The number of carbonyl (C=O) groups excluding carboxylic acids is 3. The number of amides is 4. The van der Waals surface area contributed by atoms with Crippen LogP contribution in [0.2, 0.25) is 0 Å². The minimum Gasteiger partial charge on any atom is -0.394 e. The van der Waals surface area contributed by atoms with Crippen molar-refractivity contribution in [3.8, 4) is 0 Å². The van der Waals surface area contributed by atoms with Crippen molar-refractivity contribution in [2.75, 3.05) is 25.0 Å². The number of aliphatic hydroxyl groups excluding tert-OH is 1. The number of urea groups is 1. The van der Waals surface area contributed by atoms with Crippen molar-refractivity contribution in [2.45, 2.75) is 57.7 Å². The SMILES string of the molecule is Cc1cc(CC(CC(=O)N2CCC(N3Cc4ccccc4NC3=O)CC2)C(=O)N[C@H](CO)Cc2ccccc2)cc2cn[nH]c12. The molecule has 45 heavy (non-hydrogen) atoms. The lowest BCUT2D eigenvalue weighted by Gasteiger charge is -2.40. The highest BCUT2D eigenvalue weighted by Crippen LogP contribution is 2.28. The number of H-pyrrole nitrogens is 1. The number of carbonyl (C=O) groups is 3. The second-order valence-electron chi connectivity index (χ2n) is 12.3. The van der Waals surface area contributed by atoms with Crippen molar-refractivity contribution >= 4 is 34.4 Å². The van der Waals surface area contributed by atoms with Crippen LogP contribution in [0.5, 0.6) is 0 Å². The molecule has 4 aromatic rings. The van der Waals surface area contributed by atoms with E-state index in [1.165, 1.54) is 0 Å². The molecular formula is C35H40N6O4. The molecule has 0 spiro atoms. The molecule has 2 atom stereocenters. The van der Waals surface area contributed by atoms with Crippen molar-refractivity contribution in [1.29, 1.82) is 0 Å². The molecule has 1 saturated heterocycles. The monoisotopic (exact) mass is 608 g/mol. The van der Waals surface area contributed by atoms with Crippen molar-refractivity contribution in [3.63, 3.8) is 0 Å². The second-order valence-corrected chi connectivity index (χ2v) is 12.3. The maximum atomic E-state index is 13.8. The number of nitrogens with zero attached hydrogens (tertiary/aromatic N) is 3. The Balaban J connectivity index is 1.13. The summed E-state index contributed by atoms with van der Waals surface area (Å²) >= 11 is 0. The van der Waals surface area contributed by atoms with Gasteiger partial charge in [0.15, 0.2) is 0 Å². The highest BCUT2D eigenvalue weighted by atomic mass is 16.3. The quantitative estimate of drug-likeness (QED) is 0.215. The highest BCUT2D eigenvalue weighted by molar-refractivity contribution is 5.92. The summed E-state index contributed by atoms with van der Waals surface area (Å²) in [5.74, 6) is -0.943. The molecule has 2 aliphatic heterocycles. The van der Waals surface area contributed by atoms with Crippen LogP contribution in [0, 0.1) is 12.8 Å². The Morgan fingerprint density at radius 3 is 2.56 bits per heavy atom. The average Bonchev–Trinajstić information content (AvgIpc) is 3.54. The number of rotatable bonds is 10. The number of fused-ring (bicyclic) bond motifs is 2. The van der Waals surface area contributed by atoms with Gasteiger partial charge in [-0.15, -0.1) is 0 Å². The normalized spacial score (nSPS) is 16.6. The second kappa shape index (κ2) is 13.5. The third-order valence-corrected chi connectivity index (χ3v) is 9.09. The number of aryl methyl sites for hydroxylation is 1. The Morgan fingerprint density at radius 1 is 1.02 bits per heavy atom. The molecule has 1 unspecified atom stereocenters. The molecule has 0 aliphatic carbocycles. The van der Waals surface area contributed by atoms with E-state index in [9.17, 15) is 19.5 Å². The van der Waals surface area contributed by atoms with Crippen molar-refractivity contribution in [3.05, 3.63) is 95.2 Å². The van der Waals surface area contributed by atoms with Crippen molar-refractivity contribution in [2.24, 2.45) is 5.92 Å². The third-order valence-electron chi connectivity index (χ3n) is 9.09. The molecule has 0 radical (unpaired) electrons. The molecule has 1 aromatic heterocycles. The largest absolute Gasteiger partial charge is 0.394 e. The minimum atomic E-state index is -0.617. The van der Waals surface area contributed by atoms with E-state index < -0.39 is 12.0 Å². The van der Waals surface area contributed by atoms with E-state index in [0.717, 1.165) is 38.8 Å². The summed E-state index contributed by atoms with van der Waals surface area (Å²) < 4.78 is 0. The molecule has 3 aromatic carbocycles. The van der Waals surface area contributed by atoms with E-state index in [1.807, 2.05) is 83.5 Å². The van der Waals surface area contributed by atoms with E-state index in [4.69, 9.17) is 0 Å². The molecule has 6 rings (SSSR count). The Labute approximate surface area is 262 Å². The van der Waals surface area contributed by atoms with Gasteiger partial charge >= 0.3 is 6.03 Å². The maximum Gasteiger partial charge on any atom is 0.322 e. The molecule has 1 fully saturated rings. The van der Waals surface area contributed by atoms with Gasteiger partial charge < -0.3 is 25.5 Å². The topological polar surface area (TPSA) is 131 Å². The van der Waals surface area contributed by atoms with Crippen LogP contribution in [-0.4, -0.2) is 74.7 Å². The first-order valence-corrected chi connectivity index (χ1v) is 15.7. The molecule has 4 amide bonds. The van der Waals surface area contributed by atoms with E-state index >= 15 is 0 Å². The zero-order valence-corrected chi connectivity index (χ0v) is 25.5. The molecule has 10 heteroatoms. The van der Waals surface area contributed by atoms with Gasteiger partial charge in [-0.2, -0.15) is 5.10 Å². The summed E-state index contributed by atoms with van der Waals surface area (Å²) in [4.78, 5) is 44.0. The first-order valence-electron chi connectivity index (χ1n) is 15.7. The summed E-state index contributed by atoms with van der Waals surface area (Å²) in [5, 5.41) is 24.2. The fourth-order valence-electron chi connectivity index (χ4n) is 6.64. The lowest BCUT2D eigenvalue weighted by molar-refractivity contribution is -0.137. The molecule has 0 bridgehead atoms. The first kappa shape index (κ1) is 30.3. The summed E-state index contributed by atoms with van der Waals surface area (Å²) in [6.07, 6.45) is 4.05. The number of hydrogen-bond donors (Lipinski definition) is 4. The van der Waals surface area contributed by atoms with Crippen LogP contribution in [-0.2, 0) is 29.0 Å². The van der Waals surface area contributed by atoms with Gasteiger partial charge in [0.25, 0.3) is 0 Å². The summed E-state index contributed by atoms with van der Waals surface area (Å²) in [7, 11) is 0. The maximum absolute atomic E-state index is 13.8. The van der Waals surface area contributed by atoms with Gasteiger partial charge in [0.05, 0.1) is 30.3 Å². The Bertz CT molecular complexity index is 1660. The summed E-state index contributed by atoms with van der Waals surface area (Å²) in [5.41, 5.74) is 5.88. The minimum absolute atomic E-state index is 0.0365. The van der Waals surface area contributed by atoms with Gasteiger partial charge in [0.2, 0.25) is 11.8 Å². The number of aliphatic hydroxyl groups is 1. The zero-order chi connectivity index (χ0) is 31.3. The van der Waals surface area contributed by atoms with Crippen LogP contribution in [0.4, 0.5) is 10.5 Å². The van der Waals surface area contributed by atoms with Gasteiger partial charge in [-0.25, -0.2) is 4.79 Å². The van der Waals surface area contributed by atoms with Gasteiger partial charge in [-0.1, -0.05) is 54.6 Å². The van der Waals surface area contributed by atoms with Crippen LogP contribution in [0.15, 0.2) is 72.9 Å². The first-order chi connectivity index (χ1) is 21.9. The number of benzene rings is 3. The van der Waals surface area contributed by atoms with Crippen LogP contribution >= 0.6 is 0 Å². The van der Waals surface area contributed by atoms with Gasteiger partial charge in [0.1, 0.15) is 0 Å². The number of nitrogens with one attached hydrogen (secondary N) is 3. The van der Waals surface area contributed by atoms with Crippen LogP contribution < -0.4 is 10.6 Å². The molecule has 234 valence electrons. The van der Waals surface area contributed by atoms with Gasteiger partial charge in [0, 0.05) is 43.2 Å².